The van der Waals surface area contributed by atoms with Crippen LogP contribution in [0.3, 0.4) is 0 Å². The summed E-state index contributed by atoms with van der Waals surface area (Å²) < 4.78 is 13.7. The number of para-hydroxylation sites is 1. The van der Waals surface area contributed by atoms with Gasteiger partial charge >= 0.3 is 0 Å². The molecule has 0 fully saturated rings. The molecule has 3 rings (SSSR count). The van der Waals surface area contributed by atoms with Crippen molar-refractivity contribution in [2.24, 2.45) is 0 Å². The van der Waals surface area contributed by atoms with Crippen molar-refractivity contribution in [1.29, 1.82) is 0 Å². The van der Waals surface area contributed by atoms with Crippen molar-refractivity contribution >= 4 is 51.4 Å². The van der Waals surface area contributed by atoms with Crippen LogP contribution in [-0.2, 0) is 4.79 Å². The van der Waals surface area contributed by atoms with Gasteiger partial charge in [0.15, 0.2) is 4.34 Å². The number of halogens is 1. The summed E-state index contributed by atoms with van der Waals surface area (Å²) in [6, 6.07) is 12.1. The molecule has 2 amide bonds. The summed E-state index contributed by atoms with van der Waals surface area (Å²) in [5, 5.41) is 17.2. The molecule has 0 aliphatic carbocycles. The molecule has 0 bridgehead atoms. The number of carbonyl (C=O) groups is 2. The fourth-order valence-corrected chi connectivity index (χ4v) is 3.95. The molecule has 10 heteroatoms. The van der Waals surface area contributed by atoms with Crippen molar-refractivity contribution in [2.45, 2.75) is 11.3 Å². The molecule has 1 heterocycles. The highest BCUT2D eigenvalue weighted by Gasteiger charge is 2.14. The molecular formula is C19H18FN5O2S2. The highest BCUT2D eigenvalue weighted by molar-refractivity contribution is 8.01. The van der Waals surface area contributed by atoms with Crippen LogP contribution in [0.1, 0.15) is 17.3 Å². The van der Waals surface area contributed by atoms with Crippen LogP contribution in [0.25, 0.3) is 0 Å². The second-order valence-corrected chi connectivity index (χ2v) is 7.95. The van der Waals surface area contributed by atoms with E-state index >= 15 is 0 Å². The van der Waals surface area contributed by atoms with Gasteiger partial charge in [0.25, 0.3) is 5.91 Å². The zero-order valence-corrected chi connectivity index (χ0v) is 17.1. The molecule has 1 aromatic heterocycles. The molecule has 0 aliphatic rings. The highest BCUT2D eigenvalue weighted by Crippen LogP contribution is 2.25. The van der Waals surface area contributed by atoms with E-state index in [-0.39, 0.29) is 17.5 Å². The van der Waals surface area contributed by atoms with Gasteiger partial charge in [-0.1, -0.05) is 35.2 Å². The first-order valence-electron chi connectivity index (χ1n) is 8.71. The molecular weight excluding hydrogens is 413 g/mol. The lowest BCUT2D eigenvalue weighted by molar-refractivity contribution is -0.113. The maximum Gasteiger partial charge on any atom is 0.257 e. The van der Waals surface area contributed by atoms with Crippen LogP contribution < -0.4 is 16.0 Å². The summed E-state index contributed by atoms with van der Waals surface area (Å²) in [6.45, 7) is 2.71. The minimum absolute atomic E-state index is 0.134. The second-order valence-electron chi connectivity index (χ2n) is 5.75. The Hall–Kier alpha value is -2.98. The molecule has 3 aromatic rings. The first-order chi connectivity index (χ1) is 14.0. The molecule has 3 N–H and O–H groups in total. The number of anilines is 3. The van der Waals surface area contributed by atoms with Crippen LogP contribution in [0.15, 0.2) is 52.9 Å². The number of amides is 2. The van der Waals surface area contributed by atoms with Gasteiger partial charge in [0, 0.05) is 12.2 Å². The topological polar surface area (TPSA) is 96.0 Å². The molecule has 7 nitrogen and oxygen atoms in total. The van der Waals surface area contributed by atoms with Gasteiger partial charge in [0.1, 0.15) is 5.82 Å². The number of benzene rings is 2. The normalized spacial score (nSPS) is 10.4. The number of aromatic nitrogens is 2. The van der Waals surface area contributed by atoms with E-state index in [1.807, 2.05) is 6.92 Å². The standard InChI is InChI=1S/C19H18FN5O2S2/c1-2-21-18-24-25-19(29-18)28-11-16(26)23-15-6-4-3-5-14(15)17(27)22-13-9-7-12(20)8-10-13/h3-10H,2,11H2,1H3,(H,21,24)(H,22,27)(H,23,26). The predicted molar refractivity (Wildman–Crippen MR) is 114 cm³/mol. The first-order valence-corrected chi connectivity index (χ1v) is 10.5. The number of rotatable bonds is 8. The molecule has 2 aromatic carbocycles. The fraction of sp³-hybridized carbons (Fsp3) is 0.158. The first kappa shape index (κ1) is 20.7. The Morgan fingerprint density at radius 1 is 1.07 bits per heavy atom. The molecule has 0 radical (unpaired) electrons. The van der Waals surface area contributed by atoms with Crippen molar-refractivity contribution in [1.82, 2.24) is 10.2 Å². The Bertz CT molecular complexity index is 994. The summed E-state index contributed by atoms with van der Waals surface area (Å²) >= 11 is 2.64. The molecule has 0 saturated carbocycles. The third-order valence-corrected chi connectivity index (χ3v) is 5.62. The van der Waals surface area contributed by atoms with Crippen LogP contribution in [0.4, 0.5) is 20.9 Å². The molecule has 29 heavy (non-hydrogen) atoms. The summed E-state index contributed by atoms with van der Waals surface area (Å²) in [5.74, 6) is -0.924. The lowest BCUT2D eigenvalue weighted by Crippen LogP contribution is -2.19. The van der Waals surface area contributed by atoms with Gasteiger partial charge in [-0.25, -0.2) is 4.39 Å². The van der Waals surface area contributed by atoms with Crippen molar-refractivity contribution in [3.63, 3.8) is 0 Å². The van der Waals surface area contributed by atoms with Crippen LogP contribution >= 0.6 is 23.1 Å². The largest absolute Gasteiger partial charge is 0.360 e. The number of hydrogen-bond donors (Lipinski definition) is 3. The number of carbonyl (C=O) groups excluding carboxylic acids is 2. The number of nitrogens with one attached hydrogen (secondary N) is 3. The van der Waals surface area contributed by atoms with E-state index < -0.39 is 5.91 Å². The third-order valence-electron chi connectivity index (χ3n) is 3.61. The Balaban J connectivity index is 1.60. The van der Waals surface area contributed by atoms with Gasteiger partial charge in [-0.05, 0) is 43.3 Å². The molecule has 0 spiro atoms. The Labute approximate surface area is 175 Å². The van der Waals surface area contributed by atoms with Gasteiger partial charge in [-0.15, -0.1) is 10.2 Å². The minimum atomic E-state index is -0.403. The summed E-state index contributed by atoms with van der Waals surface area (Å²) in [4.78, 5) is 24.9. The minimum Gasteiger partial charge on any atom is -0.360 e. The van der Waals surface area contributed by atoms with Crippen LogP contribution in [0.2, 0.25) is 0 Å². The summed E-state index contributed by atoms with van der Waals surface area (Å²) in [5.41, 5.74) is 1.16. The van der Waals surface area contributed by atoms with Crippen LogP contribution in [-0.4, -0.2) is 34.3 Å². The van der Waals surface area contributed by atoms with Crippen molar-refractivity contribution in [3.8, 4) is 0 Å². The zero-order valence-electron chi connectivity index (χ0n) is 15.4. The average Bonchev–Trinajstić information content (AvgIpc) is 3.16. The maximum atomic E-state index is 13.0. The van der Waals surface area contributed by atoms with Crippen molar-refractivity contribution in [3.05, 3.63) is 59.9 Å². The smallest absolute Gasteiger partial charge is 0.257 e. The van der Waals surface area contributed by atoms with Gasteiger partial charge in [-0.2, -0.15) is 0 Å². The summed E-state index contributed by atoms with van der Waals surface area (Å²) in [7, 11) is 0. The van der Waals surface area contributed by atoms with Crippen molar-refractivity contribution in [2.75, 3.05) is 28.2 Å². The predicted octanol–water partition coefficient (Wildman–Crippen LogP) is 4.09. The highest BCUT2D eigenvalue weighted by atomic mass is 32.2. The molecule has 0 saturated heterocycles. The molecule has 0 aliphatic heterocycles. The molecule has 0 unspecified atom stereocenters. The van der Waals surface area contributed by atoms with Gasteiger partial charge in [0.2, 0.25) is 11.0 Å². The van der Waals surface area contributed by atoms with Crippen LogP contribution in [0, 0.1) is 5.82 Å². The second kappa shape index (κ2) is 9.99. The zero-order chi connectivity index (χ0) is 20.6. The SMILES string of the molecule is CCNc1nnc(SCC(=O)Nc2ccccc2C(=O)Nc2ccc(F)cc2)s1. The van der Waals surface area contributed by atoms with Gasteiger partial charge in [-0.3, -0.25) is 9.59 Å². The number of thioether (sulfide) groups is 1. The quantitative estimate of drug-likeness (QED) is 0.465. The van der Waals surface area contributed by atoms with E-state index in [9.17, 15) is 14.0 Å². The number of nitrogens with zero attached hydrogens (tertiary/aromatic N) is 2. The molecule has 0 atom stereocenters. The van der Waals surface area contributed by atoms with Gasteiger partial charge < -0.3 is 16.0 Å². The fourth-order valence-electron chi connectivity index (χ4n) is 2.33. The Kier molecular flexibility index (Phi) is 7.14. The number of hydrogen-bond acceptors (Lipinski definition) is 7. The van der Waals surface area contributed by atoms with E-state index in [0.29, 0.717) is 26.4 Å². The van der Waals surface area contributed by atoms with Crippen LogP contribution in [0.5, 0.6) is 0 Å². The Morgan fingerprint density at radius 2 is 1.83 bits per heavy atom. The van der Waals surface area contributed by atoms with Gasteiger partial charge in [0.05, 0.1) is 17.0 Å². The van der Waals surface area contributed by atoms with Crippen molar-refractivity contribution < 1.29 is 14.0 Å². The van der Waals surface area contributed by atoms with E-state index in [2.05, 4.69) is 26.1 Å². The maximum absolute atomic E-state index is 13.0. The lowest BCUT2D eigenvalue weighted by Gasteiger charge is -2.11. The van der Waals surface area contributed by atoms with E-state index in [1.54, 1.807) is 24.3 Å². The van der Waals surface area contributed by atoms with E-state index in [1.165, 1.54) is 47.4 Å². The van der Waals surface area contributed by atoms with E-state index in [0.717, 1.165) is 6.54 Å². The average molecular weight is 432 g/mol. The monoisotopic (exact) mass is 431 g/mol. The van der Waals surface area contributed by atoms with E-state index in [4.69, 9.17) is 0 Å². The Morgan fingerprint density at radius 3 is 2.59 bits per heavy atom. The summed E-state index contributed by atoms with van der Waals surface area (Å²) in [6.07, 6.45) is 0. The lowest BCUT2D eigenvalue weighted by atomic mass is 10.1. The molecule has 150 valence electrons. The third kappa shape index (κ3) is 6.00.